The van der Waals surface area contributed by atoms with E-state index in [1.807, 2.05) is 17.0 Å². The van der Waals surface area contributed by atoms with Gasteiger partial charge in [0.15, 0.2) is 0 Å². The molecule has 1 fully saturated rings. The summed E-state index contributed by atoms with van der Waals surface area (Å²) in [5.74, 6) is 0.0825. The Hall–Kier alpha value is -1.84. The minimum atomic E-state index is 0.0825. The molecule has 1 N–H and O–H groups in total. The number of hydrogen-bond acceptors (Lipinski definition) is 2. The third kappa shape index (κ3) is 4.16. The van der Waals surface area contributed by atoms with Gasteiger partial charge in [-0.05, 0) is 62.7 Å². The number of carbonyl (C=O) groups is 1. The first-order valence-corrected chi connectivity index (χ1v) is 8.84. The van der Waals surface area contributed by atoms with Crippen LogP contribution in [0.1, 0.15) is 34.3 Å². The Morgan fingerprint density at radius 3 is 2.33 bits per heavy atom. The van der Waals surface area contributed by atoms with Crippen LogP contribution < -0.4 is 5.32 Å². The van der Waals surface area contributed by atoms with Gasteiger partial charge in [-0.1, -0.05) is 41.4 Å². The van der Waals surface area contributed by atoms with Crippen LogP contribution in [0.25, 0.3) is 0 Å². The summed E-state index contributed by atoms with van der Waals surface area (Å²) in [4.78, 5) is 15.1. The molecule has 0 spiro atoms. The maximum atomic E-state index is 13.1. The van der Waals surface area contributed by atoms with E-state index in [9.17, 15) is 4.79 Å². The molecule has 2 aromatic rings. The van der Waals surface area contributed by atoms with Crippen molar-refractivity contribution < 1.29 is 4.79 Å². The van der Waals surface area contributed by atoms with Gasteiger partial charge in [0.1, 0.15) is 0 Å². The summed E-state index contributed by atoms with van der Waals surface area (Å²) in [5, 5.41) is 4.02. The van der Waals surface area contributed by atoms with Gasteiger partial charge in [0.25, 0.3) is 5.91 Å². The van der Waals surface area contributed by atoms with Crippen molar-refractivity contribution in [3.05, 3.63) is 70.2 Å². The first-order chi connectivity index (χ1) is 11.6. The van der Waals surface area contributed by atoms with Gasteiger partial charge in [-0.15, -0.1) is 0 Å². The lowest BCUT2D eigenvalue weighted by Crippen LogP contribution is -2.45. The molecule has 1 aliphatic heterocycles. The minimum Gasteiger partial charge on any atom is -0.331 e. The molecular formula is C20H23ClN2O. The van der Waals surface area contributed by atoms with Crippen LogP contribution in [0, 0.1) is 6.92 Å². The summed E-state index contributed by atoms with van der Waals surface area (Å²) in [6.45, 7) is 4.64. The van der Waals surface area contributed by atoms with Crippen LogP contribution in [0.4, 0.5) is 0 Å². The molecule has 1 heterocycles. The molecule has 0 saturated carbocycles. The number of carbonyl (C=O) groups excluding carboxylic acids is 1. The summed E-state index contributed by atoms with van der Waals surface area (Å²) >= 11 is 5.96. The molecule has 0 radical (unpaired) electrons. The normalized spacial score (nSPS) is 15.2. The number of piperidine rings is 1. The Balaban J connectivity index is 1.84. The topological polar surface area (TPSA) is 32.3 Å². The van der Waals surface area contributed by atoms with Crippen LogP contribution in [0.5, 0.6) is 0 Å². The maximum Gasteiger partial charge on any atom is 0.254 e. The summed E-state index contributed by atoms with van der Waals surface area (Å²) in [7, 11) is 0. The van der Waals surface area contributed by atoms with Gasteiger partial charge in [-0.2, -0.15) is 0 Å². The molecule has 24 heavy (non-hydrogen) atoms. The van der Waals surface area contributed by atoms with E-state index in [0.29, 0.717) is 17.1 Å². The fourth-order valence-electron chi connectivity index (χ4n) is 3.13. The van der Waals surface area contributed by atoms with Crippen LogP contribution in [0.15, 0.2) is 48.5 Å². The van der Waals surface area contributed by atoms with Crippen molar-refractivity contribution in [2.75, 3.05) is 13.1 Å². The van der Waals surface area contributed by atoms with Gasteiger partial charge in [0.05, 0.1) is 0 Å². The SMILES string of the molecule is Cc1ccc(CN(C(=O)c2ccc(Cl)cc2)C2CCNCC2)cc1. The van der Waals surface area contributed by atoms with Crippen molar-refractivity contribution in [3.63, 3.8) is 0 Å². The Labute approximate surface area is 148 Å². The highest BCUT2D eigenvalue weighted by molar-refractivity contribution is 6.30. The van der Waals surface area contributed by atoms with Crippen molar-refractivity contribution in [1.82, 2.24) is 10.2 Å². The first-order valence-electron chi connectivity index (χ1n) is 8.46. The highest BCUT2D eigenvalue weighted by Crippen LogP contribution is 2.20. The number of amides is 1. The fourth-order valence-corrected chi connectivity index (χ4v) is 3.26. The van der Waals surface area contributed by atoms with E-state index >= 15 is 0 Å². The monoisotopic (exact) mass is 342 g/mol. The van der Waals surface area contributed by atoms with Crippen LogP contribution >= 0.6 is 11.6 Å². The molecule has 0 unspecified atom stereocenters. The van der Waals surface area contributed by atoms with Crippen molar-refractivity contribution in [1.29, 1.82) is 0 Å². The predicted octanol–water partition coefficient (Wildman–Crippen LogP) is 4.04. The molecule has 3 nitrogen and oxygen atoms in total. The average Bonchev–Trinajstić information content (AvgIpc) is 2.62. The lowest BCUT2D eigenvalue weighted by Gasteiger charge is -2.35. The largest absolute Gasteiger partial charge is 0.331 e. The second-order valence-electron chi connectivity index (χ2n) is 6.41. The number of benzene rings is 2. The predicted molar refractivity (Wildman–Crippen MR) is 98.4 cm³/mol. The molecule has 4 heteroatoms. The summed E-state index contributed by atoms with van der Waals surface area (Å²) in [6, 6.07) is 15.9. The van der Waals surface area contributed by atoms with Gasteiger partial charge in [0, 0.05) is 23.2 Å². The Bertz CT molecular complexity index is 676. The Morgan fingerprint density at radius 1 is 1.08 bits per heavy atom. The van der Waals surface area contributed by atoms with Crippen molar-refractivity contribution in [3.8, 4) is 0 Å². The van der Waals surface area contributed by atoms with Gasteiger partial charge < -0.3 is 10.2 Å². The first kappa shape index (κ1) is 17.0. The van der Waals surface area contributed by atoms with Crippen molar-refractivity contribution >= 4 is 17.5 Å². The number of hydrogen-bond donors (Lipinski definition) is 1. The van der Waals surface area contributed by atoms with E-state index < -0.39 is 0 Å². The van der Waals surface area contributed by atoms with Crippen LogP contribution in [0.2, 0.25) is 5.02 Å². The highest BCUT2D eigenvalue weighted by Gasteiger charge is 2.26. The van der Waals surface area contributed by atoms with E-state index in [1.54, 1.807) is 12.1 Å². The fraction of sp³-hybridized carbons (Fsp3) is 0.350. The molecule has 3 rings (SSSR count). The summed E-state index contributed by atoms with van der Waals surface area (Å²) in [5.41, 5.74) is 3.10. The standard InChI is InChI=1S/C20H23ClN2O/c1-15-2-4-16(5-3-15)14-23(19-10-12-22-13-11-19)20(24)17-6-8-18(21)9-7-17/h2-9,19,22H,10-14H2,1H3. The Morgan fingerprint density at radius 2 is 1.71 bits per heavy atom. The third-order valence-corrected chi connectivity index (χ3v) is 4.83. The smallest absolute Gasteiger partial charge is 0.254 e. The Kier molecular flexibility index (Phi) is 5.54. The summed E-state index contributed by atoms with van der Waals surface area (Å²) < 4.78 is 0. The van der Waals surface area contributed by atoms with Crippen LogP contribution in [0.3, 0.4) is 0 Å². The maximum absolute atomic E-state index is 13.1. The minimum absolute atomic E-state index is 0.0825. The molecule has 1 aliphatic rings. The number of aryl methyl sites for hydroxylation is 1. The summed E-state index contributed by atoms with van der Waals surface area (Å²) in [6.07, 6.45) is 1.98. The van der Waals surface area contributed by atoms with Crippen LogP contribution in [-0.2, 0) is 6.54 Å². The quantitative estimate of drug-likeness (QED) is 0.909. The molecular weight excluding hydrogens is 320 g/mol. The van der Waals surface area contributed by atoms with E-state index in [1.165, 1.54) is 11.1 Å². The number of halogens is 1. The van der Waals surface area contributed by atoms with E-state index in [4.69, 9.17) is 11.6 Å². The van der Waals surface area contributed by atoms with Crippen molar-refractivity contribution in [2.45, 2.75) is 32.4 Å². The van der Waals surface area contributed by atoms with Crippen molar-refractivity contribution in [2.24, 2.45) is 0 Å². The molecule has 0 aliphatic carbocycles. The van der Waals surface area contributed by atoms with Crippen LogP contribution in [-0.4, -0.2) is 29.9 Å². The third-order valence-electron chi connectivity index (χ3n) is 4.58. The molecule has 1 saturated heterocycles. The molecule has 0 atom stereocenters. The molecule has 1 amide bonds. The van der Waals surface area contributed by atoms with E-state index in [0.717, 1.165) is 25.9 Å². The molecule has 0 aromatic heterocycles. The lowest BCUT2D eigenvalue weighted by molar-refractivity contribution is 0.0623. The van der Waals surface area contributed by atoms with E-state index in [-0.39, 0.29) is 11.9 Å². The van der Waals surface area contributed by atoms with E-state index in [2.05, 4.69) is 36.5 Å². The van der Waals surface area contributed by atoms with Gasteiger partial charge in [-0.25, -0.2) is 0 Å². The second-order valence-corrected chi connectivity index (χ2v) is 6.84. The van der Waals surface area contributed by atoms with Gasteiger partial charge in [-0.3, -0.25) is 4.79 Å². The molecule has 126 valence electrons. The zero-order valence-electron chi connectivity index (χ0n) is 14.0. The lowest BCUT2D eigenvalue weighted by atomic mass is 10.0. The zero-order valence-corrected chi connectivity index (χ0v) is 14.7. The second kappa shape index (κ2) is 7.82. The van der Waals surface area contributed by atoms with Gasteiger partial charge in [0.2, 0.25) is 0 Å². The average molecular weight is 343 g/mol. The molecule has 0 bridgehead atoms. The number of rotatable bonds is 4. The zero-order chi connectivity index (χ0) is 16.9. The van der Waals surface area contributed by atoms with Gasteiger partial charge >= 0.3 is 0 Å². The molecule has 2 aromatic carbocycles. The number of nitrogens with one attached hydrogen (secondary N) is 1. The number of nitrogens with zero attached hydrogens (tertiary/aromatic N) is 1. The highest BCUT2D eigenvalue weighted by atomic mass is 35.5.